The Morgan fingerprint density at radius 2 is 1.86 bits per heavy atom. The first kappa shape index (κ1) is 16.2. The molecule has 2 heterocycles. The Kier molecular flexibility index (Phi) is 4.84. The lowest BCUT2D eigenvalue weighted by Gasteiger charge is -2.29. The van der Waals surface area contributed by atoms with E-state index in [9.17, 15) is 18.0 Å². The van der Waals surface area contributed by atoms with Gasteiger partial charge in [-0.1, -0.05) is 0 Å². The number of carbonyl (C=O) groups excluding carboxylic acids is 1. The number of sulfone groups is 1. The van der Waals surface area contributed by atoms with E-state index in [1.165, 1.54) is 4.90 Å². The number of aliphatic hydroxyl groups is 1. The Morgan fingerprint density at radius 1 is 1.19 bits per heavy atom. The van der Waals surface area contributed by atoms with Crippen LogP contribution in [0.2, 0.25) is 0 Å². The normalized spacial score (nSPS) is 31.2. The Morgan fingerprint density at radius 3 is 2.33 bits per heavy atom. The third kappa shape index (κ3) is 3.72. The zero-order chi connectivity index (χ0) is 15.6. The van der Waals surface area contributed by atoms with Gasteiger partial charge in [-0.05, 0) is 19.3 Å². The molecule has 0 aromatic heterocycles. The molecule has 0 radical (unpaired) electrons. The van der Waals surface area contributed by atoms with E-state index in [0.717, 1.165) is 0 Å². The van der Waals surface area contributed by atoms with Gasteiger partial charge in [0.1, 0.15) is 6.10 Å². The molecule has 120 valence electrons. The second-order valence-electron chi connectivity index (χ2n) is 5.34. The highest BCUT2D eigenvalue weighted by Gasteiger charge is 2.41. The monoisotopic (exact) mass is 321 g/mol. The number of hydrogen-bond donors (Lipinski definition) is 2. The van der Waals surface area contributed by atoms with Crippen molar-refractivity contribution in [2.45, 2.75) is 37.5 Å². The summed E-state index contributed by atoms with van der Waals surface area (Å²) in [5.74, 6) is -1.64. The van der Waals surface area contributed by atoms with Crippen molar-refractivity contribution in [2.24, 2.45) is 0 Å². The Bertz CT molecular complexity index is 518. The van der Waals surface area contributed by atoms with Crippen LogP contribution in [0.1, 0.15) is 19.3 Å². The van der Waals surface area contributed by atoms with Crippen molar-refractivity contribution >= 4 is 21.7 Å². The van der Waals surface area contributed by atoms with E-state index in [-0.39, 0.29) is 37.5 Å². The van der Waals surface area contributed by atoms with Gasteiger partial charge in [0.25, 0.3) is 5.91 Å². The lowest BCUT2D eigenvalue weighted by molar-refractivity contribution is -0.155. The number of hydrogen-bond acceptors (Lipinski definition) is 6. The quantitative estimate of drug-likeness (QED) is 0.640. The third-order valence-electron chi connectivity index (χ3n) is 3.84. The van der Waals surface area contributed by atoms with Crippen molar-refractivity contribution in [2.75, 3.05) is 24.7 Å². The molecule has 2 aliphatic heterocycles. The summed E-state index contributed by atoms with van der Waals surface area (Å²) in [7, 11) is -3.15. The highest BCUT2D eigenvalue weighted by atomic mass is 32.2. The first-order valence-corrected chi connectivity index (χ1v) is 8.66. The summed E-state index contributed by atoms with van der Waals surface area (Å²) in [6.07, 6.45) is -0.995. The molecule has 0 aliphatic carbocycles. The van der Waals surface area contributed by atoms with Gasteiger partial charge in [-0.15, -0.1) is 0 Å². The van der Waals surface area contributed by atoms with Gasteiger partial charge >= 0.3 is 5.97 Å². The summed E-state index contributed by atoms with van der Waals surface area (Å²) in [6, 6.07) is -0.470. The number of nitrogens with zero attached hydrogens (tertiary/aromatic N) is 1. The minimum Gasteiger partial charge on any atom is -0.479 e. The van der Waals surface area contributed by atoms with Crippen LogP contribution >= 0.6 is 0 Å². The van der Waals surface area contributed by atoms with E-state index in [0.29, 0.717) is 6.42 Å². The van der Waals surface area contributed by atoms with Crippen LogP contribution < -0.4 is 0 Å². The Balaban J connectivity index is 2.05. The molecule has 2 N–H and O–H groups in total. The SMILES string of the molecule is O=C(O)[C@H]1CC[C@@H](C(=O)N(CCO)C2CCS(=O)(=O)C2)O1. The van der Waals surface area contributed by atoms with Gasteiger partial charge in [0.05, 0.1) is 18.1 Å². The maximum absolute atomic E-state index is 12.4. The third-order valence-corrected chi connectivity index (χ3v) is 5.59. The van der Waals surface area contributed by atoms with Crippen LogP contribution in [-0.2, 0) is 24.2 Å². The highest BCUT2D eigenvalue weighted by molar-refractivity contribution is 7.91. The fourth-order valence-electron chi connectivity index (χ4n) is 2.79. The van der Waals surface area contributed by atoms with Gasteiger partial charge in [0.2, 0.25) is 0 Å². The van der Waals surface area contributed by atoms with Gasteiger partial charge in [0.15, 0.2) is 15.9 Å². The number of carboxylic acids is 1. The van der Waals surface area contributed by atoms with E-state index in [1.807, 2.05) is 0 Å². The number of ether oxygens (including phenoxy) is 1. The molecule has 2 fully saturated rings. The zero-order valence-electron chi connectivity index (χ0n) is 11.5. The molecule has 0 spiro atoms. The van der Waals surface area contributed by atoms with E-state index >= 15 is 0 Å². The molecule has 2 rings (SSSR count). The number of carboxylic acid groups (broad SMARTS) is 1. The second-order valence-corrected chi connectivity index (χ2v) is 7.57. The Hall–Kier alpha value is -1.19. The number of amides is 1. The number of rotatable bonds is 5. The Labute approximate surface area is 122 Å². The fourth-order valence-corrected chi connectivity index (χ4v) is 4.52. The first-order chi connectivity index (χ1) is 9.84. The molecule has 0 saturated carbocycles. The summed E-state index contributed by atoms with van der Waals surface area (Å²) < 4.78 is 28.3. The van der Waals surface area contributed by atoms with Gasteiger partial charge in [0, 0.05) is 12.6 Å². The van der Waals surface area contributed by atoms with Crippen molar-refractivity contribution in [3.8, 4) is 0 Å². The second kappa shape index (κ2) is 6.29. The topological polar surface area (TPSA) is 121 Å². The van der Waals surface area contributed by atoms with Crippen molar-refractivity contribution in [3.63, 3.8) is 0 Å². The number of aliphatic carboxylic acids is 1. The van der Waals surface area contributed by atoms with Crippen LogP contribution in [0, 0.1) is 0 Å². The van der Waals surface area contributed by atoms with Crippen LogP contribution in [0.15, 0.2) is 0 Å². The van der Waals surface area contributed by atoms with E-state index in [2.05, 4.69) is 0 Å². The van der Waals surface area contributed by atoms with Crippen molar-refractivity contribution in [1.29, 1.82) is 0 Å². The van der Waals surface area contributed by atoms with Gasteiger partial charge < -0.3 is 19.8 Å². The highest BCUT2D eigenvalue weighted by Crippen LogP contribution is 2.25. The van der Waals surface area contributed by atoms with E-state index < -0.39 is 40.0 Å². The largest absolute Gasteiger partial charge is 0.479 e. The molecule has 8 nitrogen and oxygen atoms in total. The van der Waals surface area contributed by atoms with Gasteiger partial charge in [-0.25, -0.2) is 13.2 Å². The van der Waals surface area contributed by atoms with Crippen molar-refractivity contribution in [3.05, 3.63) is 0 Å². The zero-order valence-corrected chi connectivity index (χ0v) is 12.3. The summed E-state index contributed by atoms with van der Waals surface area (Å²) in [4.78, 5) is 24.6. The summed E-state index contributed by atoms with van der Waals surface area (Å²) >= 11 is 0. The molecular formula is C12H19NO7S. The molecule has 0 aromatic rings. The standard InChI is InChI=1S/C12H19NO7S/c14-5-4-13(8-3-6-21(18,19)7-8)11(15)9-1-2-10(20-9)12(16)17/h8-10,14H,1-7H2,(H,16,17)/t8?,9-,10+/m0/s1. The summed E-state index contributed by atoms with van der Waals surface area (Å²) in [5, 5.41) is 17.9. The minimum atomic E-state index is -3.15. The number of aliphatic hydroxyl groups excluding tert-OH is 1. The molecule has 21 heavy (non-hydrogen) atoms. The average Bonchev–Trinajstić information content (AvgIpc) is 3.01. The molecule has 0 aromatic carbocycles. The molecule has 1 unspecified atom stereocenters. The summed E-state index contributed by atoms with van der Waals surface area (Å²) in [6.45, 7) is -0.256. The molecule has 9 heteroatoms. The number of carbonyl (C=O) groups is 2. The molecule has 3 atom stereocenters. The predicted octanol–water partition coefficient (Wildman–Crippen LogP) is -1.37. The lowest BCUT2D eigenvalue weighted by atomic mass is 10.1. The van der Waals surface area contributed by atoms with E-state index in [4.69, 9.17) is 14.9 Å². The predicted molar refractivity (Wildman–Crippen MR) is 71.4 cm³/mol. The van der Waals surface area contributed by atoms with Gasteiger partial charge in [-0.2, -0.15) is 0 Å². The van der Waals surface area contributed by atoms with Gasteiger partial charge in [-0.3, -0.25) is 4.79 Å². The maximum atomic E-state index is 12.4. The van der Waals surface area contributed by atoms with E-state index in [1.54, 1.807) is 0 Å². The molecule has 2 saturated heterocycles. The van der Waals surface area contributed by atoms with Crippen LogP contribution in [0.3, 0.4) is 0 Å². The maximum Gasteiger partial charge on any atom is 0.332 e. The molecule has 1 amide bonds. The van der Waals surface area contributed by atoms with Crippen LogP contribution in [0.5, 0.6) is 0 Å². The molecular weight excluding hydrogens is 302 g/mol. The van der Waals surface area contributed by atoms with Crippen molar-refractivity contribution in [1.82, 2.24) is 4.90 Å². The average molecular weight is 321 g/mol. The van der Waals surface area contributed by atoms with Crippen LogP contribution in [-0.4, -0.2) is 78.3 Å². The fraction of sp³-hybridized carbons (Fsp3) is 0.833. The molecule has 2 aliphatic rings. The minimum absolute atomic E-state index is 0.0240. The van der Waals surface area contributed by atoms with Crippen LogP contribution in [0.25, 0.3) is 0 Å². The first-order valence-electron chi connectivity index (χ1n) is 6.84. The lowest BCUT2D eigenvalue weighted by Crippen LogP contribution is -2.47. The molecule has 0 bridgehead atoms. The smallest absolute Gasteiger partial charge is 0.332 e. The van der Waals surface area contributed by atoms with Crippen molar-refractivity contribution < 1.29 is 33.0 Å². The summed E-state index contributed by atoms with van der Waals surface area (Å²) in [5.41, 5.74) is 0. The van der Waals surface area contributed by atoms with Crippen LogP contribution in [0.4, 0.5) is 0 Å².